The third-order valence-corrected chi connectivity index (χ3v) is 4.19. The minimum Gasteiger partial charge on any atom is -0.338 e. The second-order valence-electron chi connectivity index (χ2n) is 5.74. The van der Waals surface area contributed by atoms with Crippen molar-refractivity contribution in [1.82, 2.24) is 14.8 Å². The lowest BCUT2D eigenvalue weighted by Gasteiger charge is -2.20. The van der Waals surface area contributed by atoms with E-state index in [1.54, 1.807) is 0 Å². The van der Waals surface area contributed by atoms with Crippen LogP contribution >= 0.6 is 0 Å². The fraction of sp³-hybridized carbons (Fsp3) is 0.471. The van der Waals surface area contributed by atoms with E-state index in [2.05, 4.69) is 41.2 Å². The van der Waals surface area contributed by atoms with Gasteiger partial charge in [-0.1, -0.05) is 18.2 Å². The molecular weight excluding hydrogens is 262 g/mol. The third kappa shape index (κ3) is 2.81. The van der Waals surface area contributed by atoms with Crippen LogP contribution in [-0.4, -0.2) is 35.0 Å². The van der Waals surface area contributed by atoms with Crippen molar-refractivity contribution in [3.8, 4) is 0 Å². The maximum atomic E-state index is 12.5. The number of para-hydroxylation sites is 1. The van der Waals surface area contributed by atoms with Gasteiger partial charge in [-0.05, 0) is 38.4 Å². The second-order valence-corrected chi connectivity index (χ2v) is 5.74. The molecule has 1 aromatic carbocycles. The van der Waals surface area contributed by atoms with Crippen molar-refractivity contribution in [3.05, 3.63) is 36.0 Å². The molecule has 0 radical (unpaired) electrons. The van der Waals surface area contributed by atoms with Gasteiger partial charge >= 0.3 is 0 Å². The number of nitrogens with zero attached hydrogens (tertiary/aromatic N) is 2. The third-order valence-electron chi connectivity index (χ3n) is 4.19. The van der Waals surface area contributed by atoms with Gasteiger partial charge < -0.3 is 14.8 Å². The summed E-state index contributed by atoms with van der Waals surface area (Å²) in [7, 11) is 1.95. The Morgan fingerprint density at radius 1 is 1.38 bits per heavy atom. The van der Waals surface area contributed by atoms with Crippen LogP contribution in [0, 0.1) is 0 Å². The molecular formula is C17H23N3O. The van der Waals surface area contributed by atoms with Crippen molar-refractivity contribution < 1.29 is 4.79 Å². The Balaban J connectivity index is 1.87. The normalized spacial score (nSPS) is 14.6. The number of likely N-dealkylation sites (N-methyl/N-ethyl adjacent to an activating group) is 1. The summed E-state index contributed by atoms with van der Waals surface area (Å²) in [5.41, 5.74) is 2.39. The zero-order chi connectivity index (χ0) is 14.8. The number of nitrogens with one attached hydrogen (secondary N) is 1. The molecule has 4 heteroatoms. The summed E-state index contributed by atoms with van der Waals surface area (Å²) in [5.74, 6) is 0.233. The van der Waals surface area contributed by atoms with Gasteiger partial charge in [-0.15, -0.1) is 0 Å². The van der Waals surface area contributed by atoms with E-state index in [0.29, 0.717) is 12.6 Å². The summed E-state index contributed by atoms with van der Waals surface area (Å²) in [6, 6.07) is 8.79. The summed E-state index contributed by atoms with van der Waals surface area (Å²) in [6.07, 6.45) is 4.44. The van der Waals surface area contributed by atoms with Gasteiger partial charge in [-0.25, -0.2) is 0 Å². The Bertz CT molecular complexity index is 643. The molecule has 0 aliphatic heterocycles. The number of aromatic nitrogens is 1. The zero-order valence-electron chi connectivity index (χ0n) is 12.8. The highest BCUT2D eigenvalue weighted by Crippen LogP contribution is 2.27. The van der Waals surface area contributed by atoms with E-state index in [9.17, 15) is 4.79 Å². The topological polar surface area (TPSA) is 37.3 Å². The van der Waals surface area contributed by atoms with Crippen LogP contribution < -0.4 is 5.32 Å². The molecule has 1 N–H and O–H groups in total. The van der Waals surface area contributed by atoms with E-state index in [1.807, 2.05) is 18.0 Å². The fourth-order valence-electron chi connectivity index (χ4n) is 3.05. The predicted octanol–water partition coefficient (Wildman–Crippen LogP) is 2.37. The maximum Gasteiger partial charge on any atom is 0.242 e. The fourth-order valence-corrected chi connectivity index (χ4v) is 3.05. The van der Waals surface area contributed by atoms with Gasteiger partial charge in [0.2, 0.25) is 5.91 Å². The van der Waals surface area contributed by atoms with Crippen molar-refractivity contribution in [1.29, 1.82) is 0 Å². The van der Waals surface area contributed by atoms with Gasteiger partial charge in [0.25, 0.3) is 0 Å². The molecule has 1 aliphatic rings. The highest BCUT2D eigenvalue weighted by atomic mass is 16.2. The largest absolute Gasteiger partial charge is 0.338 e. The number of rotatable bonds is 6. The van der Waals surface area contributed by atoms with Crippen molar-refractivity contribution in [3.63, 3.8) is 0 Å². The Hall–Kier alpha value is -1.81. The van der Waals surface area contributed by atoms with E-state index < -0.39 is 0 Å². The van der Waals surface area contributed by atoms with Crippen LogP contribution in [0.1, 0.15) is 25.3 Å². The van der Waals surface area contributed by atoms with Crippen molar-refractivity contribution in [2.24, 2.45) is 0 Å². The van der Waals surface area contributed by atoms with Gasteiger partial charge in [0.1, 0.15) is 6.54 Å². The summed E-state index contributed by atoms with van der Waals surface area (Å²) in [4.78, 5) is 14.5. The summed E-state index contributed by atoms with van der Waals surface area (Å²) in [6.45, 7) is 4.14. The number of fused-ring (bicyclic) bond motifs is 1. The van der Waals surface area contributed by atoms with Gasteiger partial charge in [0.05, 0.1) is 0 Å². The highest BCUT2D eigenvalue weighted by Gasteiger charge is 2.31. The first kappa shape index (κ1) is 14.1. The predicted molar refractivity (Wildman–Crippen MR) is 85.1 cm³/mol. The van der Waals surface area contributed by atoms with E-state index in [-0.39, 0.29) is 5.91 Å². The minimum atomic E-state index is 0.233. The molecule has 2 aromatic rings. The number of hydrogen-bond donors (Lipinski definition) is 1. The van der Waals surface area contributed by atoms with Gasteiger partial charge in [-0.3, -0.25) is 4.79 Å². The molecule has 0 atom stereocenters. The first-order valence-corrected chi connectivity index (χ1v) is 7.75. The lowest BCUT2D eigenvalue weighted by molar-refractivity contribution is -0.132. The van der Waals surface area contributed by atoms with E-state index in [1.165, 1.54) is 10.9 Å². The number of hydrogen-bond acceptors (Lipinski definition) is 2. The number of carbonyl (C=O) groups is 1. The van der Waals surface area contributed by atoms with Crippen molar-refractivity contribution >= 4 is 16.8 Å². The van der Waals surface area contributed by atoms with E-state index in [0.717, 1.165) is 31.4 Å². The lowest BCUT2D eigenvalue weighted by atomic mass is 10.2. The average Bonchev–Trinajstić information content (AvgIpc) is 3.26. The molecule has 21 heavy (non-hydrogen) atoms. The quantitative estimate of drug-likeness (QED) is 0.885. The Kier molecular flexibility index (Phi) is 3.97. The molecule has 0 bridgehead atoms. The van der Waals surface area contributed by atoms with Crippen LogP contribution in [0.15, 0.2) is 30.5 Å². The molecule has 112 valence electrons. The maximum absolute atomic E-state index is 12.5. The van der Waals surface area contributed by atoms with E-state index in [4.69, 9.17) is 0 Å². The van der Waals surface area contributed by atoms with Crippen LogP contribution in [0.3, 0.4) is 0 Å². The van der Waals surface area contributed by atoms with Crippen molar-refractivity contribution in [2.75, 3.05) is 13.6 Å². The van der Waals surface area contributed by atoms with Gasteiger partial charge in [-0.2, -0.15) is 0 Å². The lowest BCUT2D eigenvalue weighted by Crippen LogP contribution is -2.35. The van der Waals surface area contributed by atoms with Gasteiger partial charge in [0, 0.05) is 36.2 Å². The van der Waals surface area contributed by atoms with Crippen LogP contribution in [0.5, 0.6) is 0 Å². The number of carbonyl (C=O) groups excluding carboxylic acids is 1. The molecule has 0 spiro atoms. The highest BCUT2D eigenvalue weighted by molar-refractivity contribution is 5.86. The minimum absolute atomic E-state index is 0.233. The standard InChI is InChI=1S/C17H23N3O/c1-3-20(14-8-9-14)17(21)12-19-11-13(10-18-2)15-6-4-5-7-16(15)19/h4-7,11,14,18H,3,8-10,12H2,1-2H3. The molecule has 1 amide bonds. The molecule has 1 aliphatic carbocycles. The van der Waals surface area contributed by atoms with Crippen LogP contribution in [0.4, 0.5) is 0 Å². The van der Waals surface area contributed by atoms with E-state index >= 15 is 0 Å². The van der Waals surface area contributed by atoms with Gasteiger partial charge in [0.15, 0.2) is 0 Å². The molecule has 3 rings (SSSR count). The molecule has 4 nitrogen and oxygen atoms in total. The molecule has 0 unspecified atom stereocenters. The van der Waals surface area contributed by atoms with Crippen LogP contribution in [0.2, 0.25) is 0 Å². The molecule has 1 fully saturated rings. The summed E-state index contributed by atoms with van der Waals surface area (Å²) < 4.78 is 2.09. The summed E-state index contributed by atoms with van der Waals surface area (Å²) in [5, 5.41) is 4.43. The summed E-state index contributed by atoms with van der Waals surface area (Å²) >= 11 is 0. The average molecular weight is 285 g/mol. The number of benzene rings is 1. The van der Waals surface area contributed by atoms with Crippen LogP contribution in [0.25, 0.3) is 10.9 Å². The molecule has 1 aromatic heterocycles. The molecule has 1 heterocycles. The molecule has 0 saturated heterocycles. The SMILES string of the molecule is CCN(C(=O)Cn1cc(CNC)c2ccccc21)C1CC1. The Morgan fingerprint density at radius 2 is 2.14 bits per heavy atom. The van der Waals surface area contributed by atoms with Crippen LogP contribution in [-0.2, 0) is 17.9 Å². The zero-order valence-corrected chi connectivity index (χ0v) is 12.8. The number of amides is 1. The molecule has 1 saturated carbocycles. The first-order valence-electron chi connectivity index (χ1n) is 7.75. The first-order chi connectivity index (χ1) is 10.2. The second kappa shape index (κ2) is 5.90. The Labute approximate surface area is 125 Å². The van der Waals surface area contributed by atoms with Crippen molar-refractivity contribution in [2.45, 2.75) is 38.9 Å². The monoisotopic (exact) mass is 285 g/mol. The smallest absolute Gasteiger partial charge is 0.242 e. The Morgan fingerprint density at radius 3 is 2.81 bits per heavy atom.